The fourth-order valence-corrected chi connectivity index (χ4v) is 2.95. The van der Waals surface area contributed by atoms with Crippen LogP contribution in [0.1, 0.15) is 6.42 Å². The van der Waals surface area contributed by atoms with E-state index in [4.69, 9.17) is 0 Å². The minimum Gasteiger partial charge on any atom is -0.341 e. The maximum atomic E-state index is 14.1. The fraction of sp³-hybridized carbons (Fsp3) is 0.222. The van der Waals surface area contributed by atoms with E-state index in [1.165, 1.54) is 23.0 Å². The molecule has 1 aliphatic heterocycles. The average Bonchev–Trinajstić information content (AvgIpc) is 2.86. The first-order valence-electron chi connectivity index (χ1n) is 8.01. The molecular weight excluding hydrogens is 350 g/mol. The highest BCUT2D eigenvalue weighted by Crippen LogP contribution is 2.27. The number of halogens is 4. The number of hydrogen-bond acceptors (Lipinski definition) is 2. The number of carbonyl (C=O) groups is 1. The molecule has 3 heterocycles. The summed E-state index contributed by atoms with van der Waals surface area (Å²) in [5.41, 5.74) is 0.719. The Hall–Kier alpha value is -2.90. The van der Waals surface area contributed by atoms with E-state index in [0.29, 0.717) is 18.6 Å². The van der Waals surface area contributed by atoms with E-state index in [0.717, 1.165) is 18.6 Å². The molecule has 2 aromatic heterocycles. The van der Waals surface area contributed by atoms with Crippen LogP contribution in [0.3, 0.4) is 0 Å². The molecule has 4 nitrogen and oxygen atoms in total. The topological polar surface area (TPSA) is 38.1 Å². The largest absolute Gasteiger partial charge is 0.341 e. The van der Waals surface area contributed by atoms with Gasteiger partial charge in [-0.15, -0.1) is 0 Å². The summed E-state index contributed by atoms with van der Waals surface area (Å²) in [6.45, 7) is 1.30. The van der Waals surface area contributed by atoms with Crippen LogP contribution in [0, 0.1) is 23.3 Å². The van der Waals surface area contributed by atoms with Crippen LogP contribution < -0.4 is 0 Å². The van der Waals surface area contributed by atoms with Gasteiger partial charge in [0, 0.05) is 31.0 Å². The summed E-state index contributed by atoms with van der Waals surface area (Å²) in [5, 5.41) is 0. The Bertz CT molecular complexity index is 1000. The first-order chi connectivity index (χ1) is 12.4. The molecule has 1 aromatic carbocycles. The Morgan fingerprint density at radius 2 is 1.69 bits per heavy atom. The Morgan fingerprint density at radius 3 is 2.31 bits per heavy atom. The number of fused-ring (bicyclic) bond motifs is 1. The van der Waals surface area contributed by atoms with Gasteiger partial charge in [-0.1, -0.05) is 0 Å². The average molecular weight is 363 g/mol. The molecule has 1 saturated heterocycles. The van der Waals surface area contributed by atoms with Gasteiger partial charge in [-0.25, -0.2) is 17.6 Å². The number of nitrogens with zero attached hydrogens (tertiary/aromatic N) is 3. The van der Waals surface area contributed by atoms with Gasteiger partial charge in [-0.2, -0.15) is 0 Å². The van der Waals surface area contributed by atoms with Crippen LogP contribution in [0.25, 0.3) is 22.2 Å². The molecule has 1 aliphatic rings. The number of hydrogen-bond donors (Lipinski definition) is 0. The van der Waals surface area contributed by atoms with Crippen molar-refractivity contribution in [3.05, 3.63) is 53.9 Å². The lowest BCUT2D eigenvalue weighted by molar-refractivity contribution is -0.135. The van der Waals surface area contributed by atoms with Crippen molar-refractivity contribution in [3.8, 4) is 11.1 Å². The summed E-state index contributed by atoms with van der Waals surface area (Å²) in [6.07, 6.45) is 3.37. The summed E-state index contributed by atoms with van der Waals surface area (Å²) in [6, 6.07) is 3.16. The van der Waals surface area contributed by atoms with Crippen LogP contribution >= 0.6 is 0 Å². The summed E-state index contributed by atoms with van der Waals surface area (Å²) < 4.78 is 55.6. The van der Waals surface area contributed by atoms with Gasteiger partial charge in [0.2, 0.25) is 5.91 Å². The molecule has 0 aliphatic carbocycles. The predicted molar refractivity (Wildman–Crippen MR) is 86.2 cm³/mol. The van der Waals surface area contributed by atoms with E-state index in [9.17, 15) is 22.4 Å². The molecule has 134 valence electrons. The summed E-state index contributed by atoms with van der Waals surface area (Å²) in [4.78, 5) is 17.8. The van der Waals surface area contributed by atoms with E-state index in [1.54, 1.807) is 4.90 Å². The van der Waals surface area contributed by atoms with Gasteiger partial charge in [0.25, 0.3) is 0 Å². The van der Waals surface area contributed by atoms with Crippen molar-refractivity contribution in [1.29, 1.82) is 0 Å². The zero-order valence-electron chi connectivity index (χ0n) is 13.5. The second-order valence-corrected chi connectivity index (χ2v) is 6.18. The molecule has 3 aromatic rings. The van der Waals surface area contributed by atoms with Crippen molar-refractivity contribution in [2.75, 3.05) is 13.1 Å². The number of rotatable bonds is 3. The van der Waals surface area contributed by atoms with Gasteiger partial charge in [0.1, 0.15) is 12.1 Å². The van der Waals surface area contributed by atoms with E-state index >= 15 is 0 Å². The molecule has 8 heteroatoms. The molecule has 1 fully saturated rings. The first kappa shape index (κ1) is 16.6. The van der Waals surface area contributed by atoms with Gasteiger partial charge in [-0.3, -0.25) is 9.78 Å². The zero-order valence-corrected chi connectivity index (χ0v) is 13.5. The third kappa shape index (κ3) is 2.71. The number of amides is 1. The fourth-order valence-electron chi connectivity index (χ4n) is 2.95. The van der Waals surface area contributed by atoms with E-state index in [1.807, 2.05) is 0 Å². The smallest absolute Gasteiger partial charge is 0.242 e. The van der Waals surface area contributed by atoms with E-state index < -0.39 is 23.3 Å². The number of benzene rings is 1. The maximum absolute atomic E-state index is 14.1. The van der Waals surface area contributed by atoms with Gasteiger partial charge in [0.05, 0.1) is 5.52 Å². The Kier molecular flexibility index (Phi) is 3.90. The molecule has 0 bridgehead atoms. The standard InChI is InChI=1S/C18H13F4N3O/c19-12-4-10(5-13(20)17(12)22)11-6-15-18(23-7-11)14(21)8-25(15)9-16(26)24-2-1-3-24/h4-8H,1-3,9H2. The summed E-state index contributed by atoms with van der Waals surface area (Å²) in [5.74, 6) is -4.95. The lowest BCUT2D eigenvalue weighted by Crippen LogP contribution is -2.43. The van der Waals surface area contributed by atoms with Crippen LogP contribution in [0.2, 0.25) is 0 Å². The molecule has 0 saturated carbocycles. The summed E-state index contributed by atoms with van der Waals surface area (Å²) >= 11 is 0. The predicted octanol–water partition coefficient (Wildman–Crippen LogP) is 3.49. The molecule has 0 spiro atoms. The van der Waals surface area contributed by atoms with E-state index in [2.05, 4.69) is 4.98 Å². The van der Waals surface area contributed by atoms with Crippen molar-refractivity contribution >= 4 is 16.9 Å². The lowest BCUT2D eigenvalue weighted by Gasteiger charge is -2.31. The highest BCUT2D eigenvalue weighted by atomic mass is 19.2. The van der Waals surface area contributed by atoms with Crippen molar-refractivity contribution < 1.29 is 22.4 Å². The zero-order chi connectivity index (χ0) is 18.4. The SMILES string of the molecule is O=C(Cn1cc(F)c2ncc(-c3cc(F)c(F)c(F)c3)cc21)N1CCC1. The van der Waals surface area contributed by atoms with Crippen molar-refractivity contribution in [2.45, 2.75) is 13.0 Å². The van der Waals surface area contributed by atoms with Crippen LogP contribution in [-0.2, 0) is 11.3 Å². The van der Waals surface area contributed by atoms with Crippen molar-refractivity contribution in [1.82, 2.24) is 14.5 Å². The Balaban J connectivity index is 1.76. The quantitative estimate of drug-likeness (QED) is 0.528. The third-order valence-corrected chi connectivity index (χ3v) is 4.50. The molecular formula is C18H13F4N3O. The molecule has 26 heavy (non-hydrogen) atoms. The molecule has 0 radical (unpaired) electrons. The van der Waals surface area contributed by atoms with Crippen LogP contribution in [0.15, 0.2) is 30.6 Å². The number of carbonyl (C=O) groups excluding carboxylic acids is 1. The molecule has 1 amide bonds. The normalized spacial score (nSPS) is 13.9. The number of likely N-dealkylation sites (tertiary alicyclic amines) is 1. The van der Waals surface area contributed by atoms with Gasteiger partial charge >= 0.3 is 0 Å². The van der Waals surface area contributed by atoms with E-state index in [-0.39, 0.29) is 29.1 Å². The Morgan fingerprint density at radius 1 is 1.00 bits per heavy atom. The third-order valence-electron chi connectivity index (χ3n) is 4.50. The number of pyridine rings is 1. The molecule has 4 rings (SSSR count). The molecule has 0 unspecified atom stereocenters. The maximum Gasteiger partial charge on any atom is 0.242 e. The second kappa shape index (κ2) is 6.12. The van der Waals surface area contributed by atoms with Crippen molar-refractivity contribution in [3.63, 3.8) is 0 Å². The molecule has 0 atom stereocenters. The molecule has 0 N–H and O–H groups in total. The highest BCUT2D eigenvalue weighted by molar-refractivity contribution is 5.84. The van der Waals surface area contributed by atoms with Gasteiger partial charge in [0.15, 0.2) is 23.3 Å². The lowest BCUT2D eigenvalue weighted by atomic mass is 10.1. The van der Waals surface area contributed by atoms with Crippen molar-refractivity contribution in [2.24, 2.45) is 0 Å². The Labute approximate surface area is 145 Å². The minimum absolute atomic E-state index is 0.0493. The monoisotopic (exact) mass is 363 g/mol. The summed E-state index contributed by atoms with van der Waals surface area (Å²) in [7, 11) is 0. The van der Waals surface area contributed by atoms with Gasteiger partial charge in [-0.05, 0) is 30.2 Å². The number of aromatic nitrogens is 2. The van der Waals surface area contributed by atoms with Crippen LogP contribution in [-0.4, -0.2) is 33.4 Å². The van der Waals surface area contributed by atoms with Crippen LogP contribution in [0.4, 0.5) is 17.6 Å². The van der Waals surface area contributed by atoms with Gasteiger partial charge < -0.3 is 9.47 Å². The highest BCUT2D eigenvalue weighted by Gasteiger charge is 2.22. The minimum atomic E-state index is -1.56. The van der Waals surface area contributed by atoms with Crippen LogP contribution in [0.5, 0.6) is 0 Å². The second-order valence-electron chi connectivity index (χ2n) is 6.18. The first-order valence-corrected chi connectivity index (χ1v) is 8.01.